The number of pyridine rings is 1. The van der Waals surface area contributed by atoms with Gasteiger partial charge in [0, 0.05) is 18.5 Å². The van der Waals surface area contributed by atoms with Crippen molar-refractivity contribution >= 4 is 11.5 Å². The van der Waals surface area contributed by atoms with Crippen LogP contribution in [0.1, 0.15) is 49.4 Å². The first-order chi connectivity index (χ1) is 11.1. The van der Waals surface area contributed by atoms with Gasteiger partial charge in [0.05, 0.1) is 18.8 Å². The number of esters is 1. The van der Waals surface area contributed by atoms with E-state index in [9.17, 15) is 4.79 Å². The summed E-state index contributed by atoms with van der Waals surface area (Å²) in [6.07, 6.45) is 6.42. The molecule has 0 aromatic carbocycles. The van der Waals surface area contributed by atoms with E-state index in [0.29, 0.717) is 17.8 Å². The number of likely N-dealkylation sites (tertiary alicyclic amines) is 1. The first-order valence-electron chi connectivity index (χ1n) is 8.41. The molecule has 0 spiro atoms. The summed E-state index contributed by atoms with van der Waals surface area (Å²) < 4.78 is 6.86. The molecular formula is C18H25N3O2. The molecule has 1 atom stereocenters. The number of fused-ring (bicyclic) bond motifs is 1. The van der Waals surface area contributed by atoms with Crippen LogP contribution in [-0.2, 0) is 11.2 Å². The lowest BCUT2D eigenvalue weighted by Gasteiger charge is -2.38. The SMILES string of the molecule is COC(=O)c1cccc2cnc(CC3CCCCN3C(C)C)n12. The number of piperidine rings is 1. The van der Waals surface area contributed by atoms with Crippen molar-refractivity contribution < 1.29 is 9.53 Å². The minimum absolute atomic E-state index is 0.320. The molecule has 3 rings (SSSR count). The molecule has 3 heterocycles. The van der Waals surface area contributed by atoms with Crippen molar-refractivity contribution in [3.05, 3.63) is 35.9 Å². The molecule has 2 aromatic rings. The van der Waals surface area contributed by atoms with Gasteiger partial charge in [0.1, 0.15) is 11.5 Å². The minimum Gasteiger partial charge on any atom is -0.464 e. The topological polar surface area (TPSA) is 46.8 Å². The Hall–Kier alpha value is -1.88. The van der Waals surface area contributed by atoms with Gasteiger partial charge in [0.15, 0.2) is 0 Å². The maximum atomic E-state index is 12.1. The van der Waals surface area contributed by atoms with E-state index in [-0.39, 0.29) is 5.97 Å². The highest BCUT2D eigenvalue weighted by Crippen LogP contribution is 2.23. The molecule has 1 fully saturated rings. The quantitative estimate of drug-likeness (QED) is 0.814. The lowest BCUT2D eigenvalue weighted by atomic mass is 9.97. The number of ether oxygens (including phenoxy) is 1. The lowest BCUT2D eigenvalue weighted by molar-refractivity contribution is 0.0591. The molecule has 1 unspecified atom stereocenters. The Morgan fingerprint density at radius 1 is 1.39 bits per heavy atom. The molecule has 1 aliphatic heterocycles. The zero-order chi connectivity index (χ0) is 16.4. The molecule has 0 radical (unpaired) electrons. The van der Waals surface area contributed by atoms with Crippen LogP contribution in [0.3, 0.4) is 0 Å². The third-order valence-corrected chi connectivity index (χ3v) is 4.77. The van der Waals surface area contributed by atoms with Gasteiger partial charge in [-0.2, -0.15) is 0 Å². The fourth-order valence-electron chi connectivity index (χ4n) is 3.65. The second-order valence-electron chi connectivity index (χ2n) is 6.52. The number of carbonyl (C=O) groups is 1. The molecule has 23 heavy (non-hydrogen) atoms. The Labute approximate surface area is 137 Å². The molecule has 1 saturated heterocycles. The van der Waals surface area contributed by atoms with Crippen LogP contribution >= 0.6 is 0 Å². The smallest absolute Gasteiger partial charge is 0.355 e. The van der Waals surface area contributed by atoms with Crippen LogP contribution in [0.4, 0.5) is 0 Å². The monoisotopic (exact) mass is 315 g/mol. The van der Waals surface area contributed by atoms with E-state index in [0.717, 1.165) is 24.3 Å². The third kappa shape index (κ3) is 3.11. The van der Waals surface area contributed by atoms with Crippen molar-refractivity contribution in [1.82, 2.24) is 14.3 Å². The van der Waals surface area contributed by atoms with Crippen LogP contribution in [0, 0.1) is 0 Å². The molecule has 0 saturated carbocycles. The standard InChI is InChI=1S/C18H25N3O2/c1-13(2)20-10-5-4-7-14(20)11-17-19-12-15-8-6-9-16(21(15)17)18(22)23-3/h6,8-9,12-14H,4-5,7,10-11H2,1-3H3. The summed E-state index contributed by atoms with van der Waals surface area (Å²) in [5.41, 5.74) is 1.49. The van der Waals surface area contributed by atoms with Crippen molar-refractivity contribution in [1.29, 1.82) is 0 Å². The normalized spacial score (nSPS) is 19.4. The molecular weight excluding hydrogens is 290 g/mol. The largest absolute Gasteiger partial charge is 0.464 e. The van der Waals surface area contributed by atoms with Crippen molar-refractivity contribution in [3.63, 3.8) is 0 Å². The highest BCUT2D eigenvalue weighted by Gasteiger charge is 2.26. The summed E-state index contributed by atoms with van der Waals surface area (Å²) in [4.78, 5) is 19.2. The van der Waals surface area contributed by atoms with Gasteiger partial charge in [0.2, 0.25) is 0 Å². The van der Waals surface area contributed by atoms with Gasteiger partial charge in [-0.05, 0) is 45.4 Å². The maximum absolute atomic E-state index is 12.1. The Morgan fingerprint density at radius 3 is 2.96 bits per heavy atom. The van der Waals surface area contributed by atoms with E-state index in [4.69, 9.17) is 4.74 Å². The van der Waals surface area contributed by atoms with Crippen molar-refractivity contribution in [2.24, 2.45) is 0 Å². The van der Waals surface area contributed by atoms with Gasteiger partial charge in [-0.25, -0.2) is 9.78 Å². The number of nitrogens with zero attached hydrogens (tertiary/aromatic N) is 3. The van der Waals surface area contributed by atoms with E-state index >= 15 is 0 Å². The Morgan fingerprint density at radius 2 is 2.22 bits per heavy atom. The predicted octanol–water partition coefficient (Wildman–Crippen LogP) is 2.93. The van der Waals surface area contributed by atoms with Crippen LogP contribution in [0.2, 0.25) is 0 Å². The highest BCUT2D eigenvalue weighted by atomic mass is 16.5. The van der Waals surface area contributed by atoms with E-state index < -0.39 is 0 Å². The Balaban J connectivity index is 1.95. The summed E-state index contributed by atoms with van der Waals surface area (Å²) in [5.74, 6) is 0.623. The summed E-state index contributed by atoms with van der Waals surface area (Å²) >= 11 is 0. The molecule has 2 aromatic heterocycles. The molecule has 0 aliphatic carbocycles. The van der Waals surface area contributed by atoms with Gasteiger partial charge in [-0.3, -0.25) is 9.30 Å². The summed E-state index contributed by atoms with van der Waals surface area (Å²) in [6, 6.07) is 6.66. The van der Waals surface area contributed by atoms with E-state index in [1.54, 1.807) is 6.07 Å². The lowest BCUT2D eigenvalue weighted by Crippen LogP contribution is -2.45. The molecule has 1 aliphatic rings. The number of carbonyl (C=O) groups excluding carboxylic acids is 1. The first-order valence-corrected chi connectivity index (χ1v) is 8.41. The van der Waals surface area contributed by atoms with Crippen molar-refractivity contribution in [3.8, 4) is 0 Å². The second-order valence-corrected chi connectivity index (χ2v) is 6.52. The number of hydrogen-bond acceptors (Lipinski definition) is 4. The first kappa shape index (κ1) is 16.0. The second kappa shape index (κ2) is 6.71. The minimum atomic E-state index is -0.320. The fraction of sp³-hybridized carbons (Fsp3) is 0.556. The van der Waals surface area contributed by atoms with Crippen LogP contribution in [-0.4, -0.2) is 46.0 Å². The van der Waals surface area contributed by atoms with Crippen molar-refractivity contribution in [2.45, 2.75) is 51.6 Å². The fourth-order valence-corrected chi connectivity index (χ4v) is 3.65. The van der Waals surface area contributed by atoms with Crippen molar-refractivity contribution in [2.75, 3.05) is 13.7 Å². The van der Waals surface area contributed by atoms with Gasteiger partial charge in [-0.15, -0.1) is 0 Å². The average Bonchev–Trinajstić information content (AvgIpc) is 2.97. The van der Waals surface area contributed by atoms with Gasteiger partial charge >= 0.3 is 5.97 Å². The number of rotatable bonds is 4. The predicted molar refractivity (Wildman–Crippen MR) is 89.7 cm³/mol. The molecule has 0 amide bonds. The summed E-state index contributed by atoms with van der Waals surface area (Å²) in [6.45, 7) is 5.65. The molecule has 0 bridgehead atoms. The Kier molecular flexibility index (Phi) is 4.66. The average molecular weight is 315 g/mol. The zero-order valence-electron chi connectivity index (χ0n) is 14.2. The molecule has 124 valence electrons. The van der Waals surface area contributed by atoms with E-state index in [2.05, 4.69) is 23.7 Å². The highest BCUT2D eigenvalue weighted by molar-refractivity contribution is 5.88. The Bertz CT molecular complexity index is 693. The van der Waals surface area contributed by atoms with Crippen LogP contribution < -0.4 is 0 Å². The number of aromatic nitrogens is 2. The van der Waals surface area contributed by atoms with Gasteiger partial charge in [-0.1, -0.05) is 12.5 Å². The van der Waals surface area contributed by atoms with Crippen LogP contribution in [0.15, 0.2) is 24.4 Å². The number of imidazole rings is 1. The number of methoxy groups -OCH3 is 1. The molecule has 5 nitrogen and oxygen atoms in total. The van der Waals surface area contributed by atoms with Crippen LogP contribution in [0.5, 0.6) is 0 Å². The van der Waals surface area contributed by atoms with Crippen LogP contribution in [0.25, 0.3) is 5.52 Å². The van der Waals surface area contributed by atoms with Gasteiger partial charge in [0.25, 0.3) is 0 Å². The third-order valence-electron chi connectivity index (χ3n) is 4.77. The molecule has 0 N–H and O–H groups in total. The molecule has 5 heteroatoms. The van der Waals surface area contributed by atoms with Gasteiger partial charge < -0.3 is 4.74 Å². The summed E-state index contributed by atoms with van der Waals surface area (Å²) in [5, 5.41) is 0. The van der Waals surface area contributed by atoms with E-state index in [1.165, 1.54) is 26.4 Å². The number of hydrogen-bond donors (Lipinski definition) is 0. The summed E-state index contributed by atoms with van der Waals surface area (Å²) in [7, 11) is 1.42. The van der Waals surface area contributed by atoms with E-state index in [1.807, 2.05) is 22.7 Å². The maximum Gasteiger partial charge on any atom is 0.355 e. The zero-order valence-corrected chi connectivity index (χ0v) is 14.2.